The molecule has 3 atom stereocenters. The van der Waals surface area contributed by atoms with Gasteiger partial charge in [0.15, 0.2) is 0 Å². The van der Waals surface area contributed by atoms with Gasteiger partial charge in [0.05, 0.1) is 0 Å². The molecule has 1 saturated heterocycles. The van der Waals surface area contributed by atoms with Crippen LogP contribution in [0.3, 0.4) is 0 Å². The summed E-state index contributed by atoms with van der Waals surface area (Å²) in [4.78, 5) is 0. The van der Waals surface area contributed by atoms with Gasteiger partial charge in [0.1, 0.15) is 7.85 Å². The van der Waals surface area contributed by atoms with Crippen LogP contribution in [-0.4, -0.2) is 30.4 Å². The lowest BCUT2D eigenvalue weighted by molar-refractivity contribution is 0.587. The molecule has 1 aliphatic rings. The quantitative estimate of drug-likeness (QED) is 0.679. The van der Waals surface area contributed by atoms with Crippen molar-refractivity contribution < 1.29 is 0 Å². The Hall–Kier alpha value is 0.375. The summed E-state index contributed by atoms with van der Waals surface area (Å²) in [5, 5.41) is 4.43. The molecule has 1 fully saturated rings. The highest BCUT2D eigenvalue weighted by atomic mass is 32.2. The normalized spacial score (nSPS) is 32.0. The summed E-state index contributed by atoms with van der Waals surface area (Å²) in [6.07, 6.45) is 1.35. The van der Waals surface area contributed by atoms with E-state index in [0.29, 0.717) is 4.75 Å². The van der Waals surface area contributed by atoms with Gasteiger partial charge in [-0.15, -0.1) is 0 Å². The molecule has 1 heterocycles. The number of hydrogen-bond donors (Lipinski definition) is 1. The molecule has 0 amide bonds. The Morgan fingerprint density at radius 2 is 2.08 bits per heavy atom. The third-order valence-corrected chi connectivity index (χ3v) is 3.85. The molecule has 76 valence electrons. The minimum atomic E-state index is 0.415. The molecular weight excluding hydrogens is 177 g/mol. The van der Waals surface area contributed by atoms with Crippen molar-refractivity contribution in [1.82, 2.24) is 5.32 Å². The Kier molecular flexibility index (Phi) is 3.76. The minimum Gasteiger partial charge on any atom is -0.313 e. The van der Waals surface area contributed by atoms with Crippen LogP contribution in [0.15, 0.2) is 0 Å². The van der Waals surface area contributed by atoms with E-state index in [1.54, 1.807) is 0 Å². The van der Waals surface area contributed by atoms with Gasteiger partial charge in [-0.3, -0.25) is 0 Å². The van der Waals surface area contributed by atoms with Gasteiger partial charge in [0.25, 0.3) is 0 Å². The van der Waals surface area contributed by atoms with Crippen LogP contribution in [-0.2, 0) is 0 Å². The van der Waals surface area contributed by atoms with Crippen LogP contribution in [0.5, 0.6) is 0 Å². The highest BCUT2D eigenvalue weighted by molar-refractivity contribution is 8.01. The Morgan fingerprint density at radius 1 is 1.46 bits per heavy atom. The zero-order chi connectivity index (χ0) is 10.1. The average molecular weight is 199 g/mol. The standard InChI is InChI=1S/C10H22BNS/c1-7(11)9-5-8(6-12-9)13-10(2,3)4/h7-9,12H,5-6,11H2,1-4H3/t7?,8?,9-/m0/s1. The number of thioether (sulfide) groups is 1. The summed E-state index contributed by atoms with van der Waals surface area (Å²) in [5.74, 6) is 0.783. The van der Waals surface area contributed by atoms with E-state index in [-0.39, 0.29) is 0 Å². The summed E-state index contributed by atoms with van der Waals surface area (Å²) in [6, 6.07) is 0.750. The first-order chi connectivity index (χ1) is 5.88. The van der Waals surface area contributed by atoms with Crippen LogP contribution in [0, 0.1) is 0 Å². The van der Waals surface area contributed by atoms with Crippen molar-refractivity contribution in [2.24, 2.45) is 0 Å². The van der Waals surface area contributed by atoms with Crippen molar-refractivity contribution in [1.29, 1.82) is 0 Å². The first-order valence-corrected chi connectivity index (χ1v) is 6.17. The Labute approximate surface area is 87.8 Å². The van der Waals surface area contributed by atoms with Crippen LogP contribution >= 0.6 is 11.8 Å². The molecule has 0 radical (unpaired) electrons. The van der Waals surface area contributed by atoms with Crippen molar-refractivity contribution in [3.05, 3.63) is 0 Å². The van der Waals surface area contributed by atoms with Crippen LogP contribution in [0.2, 0.25) is 5.82 Å². The van der Waals surface area contributed by atoms with E-state index < -0.39 is 0 Å². The largest absolute Gasteiger partial charge is 0.313 e. The molecule has 2 unspecified atom stereocenters. The lowest BCUT2D eigenvalue weighted by Gasteiger charge is -2.22. The SMILES string of the molecule is BC(C)[C@@H]1CC(SC(C)(C)C)CN1. The highest BCUT2D eigenvalue weighted by Gasteiger charge is 2.29. The molecule has 0 aromatic carbocycles. The topological polar surface area (TPSA) is 12.0 Å². The van der Waals surface area contributed by atoms with Gasteiger partial charge in [0.2, 0.25) is 0 Å². The maximum atomic E-state index is 3.61. The molecule has 0 spiro atoms. The van der Waals surface area contributed by atoms with Crippen molar-refractivity contribution in [2.75, 3.05) is 6.54 Å². The Balaban J connectivity index is 2.33. The van der Waals surface area contributed by atoms with E-state index in [1.165, 1.54) is 13.0 Å². The minimum absolute atomic E-state index is 0.415. The average Bonchev–Trinajstić information content (AvgIpc) is 2.31. The van der Waals surface area contributed by atoms with Crippen molar-refractivity contribution in [3.63, 3.8) is 0 Å². The Bertz CT molecular complexity index is 165. The molecule has 0 saturated carbocycles. The van der Waals surface area contributed by atoms with Crippen LogP contribution in [0.4, 0.5) is 0 Å². The summed E-state index contributed by atoms with van der Waals surface area (Å²) in [6.45, 7) is 10.4. The van der Waals surface area contributed by atoms with Gasteiger partial charge in [0, 0.05) is 22.6 Å². The molecule has 0 aromatic heterocycles. The lowest BCUT2D eigenvalue weighted by Crippen LogP contribution is -2.25. The van der Waals surface area contributed by atoms with E-state index in [4.69, 9.17) is 0 Å². The van der Waals surface area contributed by atoms with Gasteiger partial charge < -0.3 is 5.32 Å². The summed E-state index contributed by atoms with van der Waals surface area (Å²) in [7, 11) is 2.31. The zero-order valence-electron chi connectivity index (χ0n) is 9.55. The lowest BCUT2D eigenvalue weighted by atomic mass is 9.82. The molecule has 3 heteroatoms. The molecule has 1 rings (SSSR count). The molecular formula is C10H22BNS. The van der Waals surface area contributed by atoms with E-state index >= 15 is 0 Å². The highest BCUT2D eigenvalue weighted by Crippen LogP contribution is 2.34. The first kappa shape index (κ1) is 11.4. The third kappa shape index (κ3) is 3.95. The second-order valence-electron chi connectivity index (χ2n) is 5.35. The first-order valence-electron chi connectivity index (χ1n) is 5.29. The molecule has 1 aliphatic heterocycles. The van der Waals surface area contributed by atoms with Crippen LogP contribution in [0.1, 0.15) is 34.1 Å². The van der Waals surface area contributed by atoms with E-state index in [9.17, 15) is 0 Å². The van der Waals surface area contributed by atoms with Gasteiger partial charge in [-0.2, -0.15) is 11.8 Å². The van der Waals surface area contributed by atoms with E-state index in [1.807, 2.05) is 0 Å². The summed E-state index contributed by atoms with van der Waals surface area (Å²) in [5.41, 5.74) is 0. The molecule has 13 heavy (non-hydrogen) atoms. The number of nitrogens with one attached hydrogen (secondary N) is 1. The van der Waals surface area contributed by atoms with Gasteiger partial charge in [-0.25, -0.2) is 0 Å². The molecule has 0 bridgehead atoms. The molecule has 1 N–H and O–H groups in total. The fourth-order valence-corrected chi connectivity index (χ4v) is 3.31. The van der Waals surface area contributed by atoms with E-state index in [0.717, 1.165) is 17.1 Å². The maximum absolute atomic E-state index is 3.61. The number of hydrogen-bond acceptors (Lipinski definition) is 2. The third-order valence-electron chi connectivity index (χ3n) is 2.45. The maximum Gasteiger partial charge on any atom is 0.107 e. The molecule has 1 nitrogen and oxygen atoms in total. The molecule has 0 aromatic rings. The summed E-state index contributed by atoms with van der Waals surface area (Å²) < 4.78 is 0.415. The predicted octanol–water partition coefficient (Wildman–Crippen LogP) is 1.69. The predicted molar refractivity (Wildman–Crippen MR) is 65.5 cm³/mol. The van der Waals surface area contributed by atoms with Gasteiger partial charge in [-0.05, 0) is 6.42 Å². The smallest absolute Gasteiger partial charge is 0.107 e. The van der Waals surface area contributed by atoms with E-state index in [2.05, 4.69) is 52.6 Å². The monoisotopic (exact) mass is 199 g/mol. The van der Waals surface area contributed by atoms with Crippen LogP contribution < -0.4 is 5.32 Å². The zero-order valence-corrected chi connectivity index (χ0v) is 10.4. The van der Waals surface area contributed by atoms with Gasteiger partial charge in [-0.1, -0.05) is 33.5 Å². The van der Waals surface area contributed by atoms with Crippen molar-refractivity contribution >= 4 is 19.6 Å². The van der Waals surface area contributed by atoms with Gasteiger partial charge >= 0.3 is 0 Å². The number of rotatable bonds is 2. The second kappa shape index (κ2) is 4.27. The molecule has 0 aliphatic carbocycles. The fraction of sp³-hybridized carbons (Fsp3) is 1.00. The van der Waals surface area contributed by atoms with Crippen molar-refractivity contribution in [2.45, 2.75) is 56.0 Å². The Morgan fingerprint density at radius 3 is 2.46 bits per heavy atom. The van der Waals surface area contributed by atoms with Crippen molar-refractivity contribution in [3.8, 4) is 0 Å². The summed E-state index contributed by atoms with van der Waals surface area (Å²) >= 11 is 2.12. The van der Waals surface area contributed by atoms with Crippen LogP contribution in [0.25, 0.3) is 0 Å². The fourth-order valence-electron chi connectivity index (χ4n) is 1.83. The second-order valence-corrected chi connectivity index (χ2v) is 7.47.